The molecule has 0 radical (unpaired) electrons. The molecule has 0 amide bonds. The largest absolute Gasteiger partial charge is 0.329 e. The van der Waals surface area contributed by atoms with Gasteiger partial charge in [-0.1, -0.05) is 12.1 Å². The summed E-state index contributed by atoms with van der Waals surface area (Å²) in [4.78, 5) is 4.24. The Morgan fingerprint density at radius 3 is 2.85 bits per heavy atom. The van der Waals surface area contributed by atoms with Crippen LogP contribution in [0.15, 0.2) is 30.6 Å². The summed E-state index contributed by atoms with van der Waals surface area (Å²) in [7, 11) is 0. The standard InChI is InChI=1S/C9H9ClN2.ClH/c10-5-6-12-7-11-8-3-1-2-4-9(8)12;/h1-4,7H,5-6H2;1H. The number of para-hydroxylation sites is 2. The van der Waals surface area contributed by atoms with E-state index in [1.54, 1.807) is 0 Å². The molecule has 0 bridgehead atoms. The molecule has 13 heavy (non-hydrogen) atoms. The van der Waals surface area contributed by atoms with Crippen molar-refractivity contribution >= 4 is 35.0 Å². The van der Waals surface area contributed by atoms with Crippen molar-refractivity contribution in [2.75, 3.05) is 5.88 Å². The summed E-state index contributed by atoms with van der Waals surface area (Å²) in [6, 6.07) is 8.05. The molecule has 0 spiro atoms. The molecule has 0 aliphatic rings. The van der Waals surface area contributed by atoms with Gasteiger partial charge in [0.15, 0.2) is 0 Å². The highest BCUT2D eigenvalue weighted by molar-refractivity contribution is 6.17. The minimum absolute atomic E-state index is 0. The van der Waals surface area contributed by atoms with Crippen LogP contribution in [0.2, 0.25) is 0 Å². The second-order valence-corrected chi connectivity index (χ2v) is 2.99. The van der Waals surface area contributed by atoms with E-state index < -0.39 is 0 Å². The first-order valence-electron chi connectivity index (χ1n) is 3.87. The third-order valence-electron chi connectivity index (χ3n) is 1.85. The molecule has 0 saturated heterocycles. The molecule has 0 atom stereocenters. The number of fused-ring (bicyclic) bond motifs is 1. The SMILES string of the molecule is Cl.ClCCn1cnc2ccccc21. The van der Waals surface area contributed by atoms with Crippen LogP contribution in [-0.4, -0.2) is 15.4 Å². The van der Waals surface area contributed by atoms with Gasteiger partial charge in [-0.2, -0.15) is 0 Å². The van der Waals surface area contributed by atoms with Gasteiger partial charge in [0.25, 0.3) is 0 Å². The smallest absolute Gasteiger partial charge is 0.0958 e. The molecule has 4 heteroatoms. The van der Waals surface area contributed by atoms with Crippen molar-refractivity contribution in [3.63, 3.8) is 0 Å². The van der Waals surface area contributed by atoms with E-state index in [0.717, 1.165) is 17.6 Å². The Morgan fingerprint density at radius 1 is 1.31 bits per heavy atom. The van der Waals surface area contributed by atoms with E-state index in [9.17, 15) is 0 Å². The number of nitrogens with zero attached hydrogens (tertiary/aromatic N) is 2. The second kappa shape index (κ2) is 4.49. The molecule has 0 fully saturated rings. The Kier molecular flexibility index (Phi) is 3.58. The van der Waals surface area contributed by atoms with Crippen LogP contribution in [-0.2, 0) is 6.54 Å². The van der Waals surface area contributed by atoms with Crippen molar-refractivity contribution in [2.45, 2.75) is 6.54 Å². The Bertz CT molecular complexity index is 384. The van der Waals surface area contributed by atoms with Gasteiger partial charge < -0.3 is 4.57 Å². The number of aryl methyl sites for hydroxylation is 1. The molecule has 0 aliphatic carbocycles. The van der Waals surface area contributed by atoms with Crippen molar-refractivity contribution in [1.29, 1.82) is 0 Å². The van der Waals surface area contributed by atoms with Gasteiger partial charge in [-0.25, -0.2) is 4.98 Å². The van der Waals surface area contributed by atoms with Crippen molar-refractivity contribution in [2.24, 2.45) is 0 Å². The van der Waals surface area contributed by atoms with Crippen LogP contribution < -0.4 is 0 Å². The maximum atomic E-state index is 5.64. The lowest BCUT2D eigenvalue weighted by Gasteiger charge is -1.98. The molecule has 1 aromatic heterocycles. The van der Waals surface area contributed by atoms with Gasteiger partial charge in [0.2, 0.25) is 0 Å². The third kappa shape index (κ3) is 1.95. The minimum atomic E-state index is 0. The number of hydrogen-bond acceptors (Lipinski definition) is 1. The number of hydrogen-bond donors (Lipinski definition) is 0. The average Bonchev–Trinajstić information content (AvgIpc) is 2.50. The minimum Gasteiger partial charge on any atom is -0.329 e. The topological polar surface area (TPSA) is 17.8 Å². The Morgan fingerprint density at radius 2 is 2.08 bits per heavy atom. The molecule has 0 aliphatic heterocycles. The normalized spacial score (nSPS) is 9.92. The summed E-state index contributed by atoms with van der Waals surface area (Å²) >= 11 is 5.64. The third-order valence-corrected chi connectivity index (χ3v) is 2.02. The van der Waals surface area contributed by atoms with Gasteiger partial charge >= 0.3 is 0 Å². The monoisotopic (exact) mass is 216 g/mol. The Hall–Kier alpha value is -0.730. The highest BCUT2D eigenvalue weighted by Crippen LogP contribution is 2.11. The van der Waals surface area contributed by atoms with Crippen LogP contribution in [0.4, 0.5) is 0 Å². The van der Waals surface area contributed by atoms with Crippen molar-refractivity contribution in [3.05, 3.63) is 30.6 Å². The molecule has 2 aromatic rings. The number of imidazole rings is 1. The van der Waals surface area contributed by atoms with E-state index in [-0.39, 0.29) is 12.4 Å². The van der Waals surface area contributed by atoms with E-state index in [1.165, 1.54) is 0 Å². The number of benzene rings is 1. The molecular formula is C9H10Cl2N2. The highest BCUT2D eigenvalue weighted by atomic mass is 35.5. The number of alkyl halides is 1. The molecule has 1 heterocycles. The van der Waals surface area contributed by atoms with Gasteiger partial charge in [-0.05, 0) is 12.1 Å². The first-order chi connectivity index (χ1) is 5.92. The number of aromatic nitrogens is 2. The van der Waals surface area contributed by atoms with Crippen molar-refractivity contribution in [1.82, 2.24) is 9.55 Å². The summed E-state index contributed by atoms with van der Waals surface area (Å²) in [5.74, 6) is 0.625. The lowest BCUT2D eigenvalue weighted by atomic mass is 10.3. The predicted molar refractivity (Wildman–Crippen MR) is 57.7 cm³/mol. The van der Waals surface area contributed by atoms with Crippen LogP contribution in [0.5, 0.6) is 0 Å². The maximum absolute atomic E-state index is 5.64. The Labute approximate surface area is 87.9 Å². The molecule has 1 aromatic carbocycles. The van der Waals surface area contributed by atoms with Gasteiger partial charge in [0.05, 0.1) is 17.4 Å². The second-order valence-electron chi connectivity index (χ2n) is 2.62. The van der Waals surface area contributed by atoms with E-state index in [4.69, 9.17) is 11.6 Å². The Balaban J connectivity index is 0.000000845. The molecule has 0 saturated carbocycles. The predicted octanol–water partition coefficient (Wildman–Crippen LogP) is 2.70. The van der Waals surface area contributed by atoms with Gasteiger partial charge in [0.1, 0.15) is 0 Å². The maximum Gasteiger partial charge on any atom is 0.0958 e. The fourth-order valence-electron chi connectivity index (χ4n) is 1.28. The zero-order valence-electron chi connectivity index (χ0n) is 6.98. The number of halogens is 2. The first kappa shape index (κ1) is 10.4. The zero-order chi connectivity index (χ0) is 8.39. The molecule has 2 nitrogen and oxygen atoms in total. The van der Waals surface area contributed by atoms with Crippen LogP contribution in [0, 0.1) is 0 Å². The average molecular weight is 217 g/mol. The van der Waals surface area contributed by atoms with E-state index in [1.807, 2.05) is 24.5 Å². The lowest BCUT2D eigenvalue weighted by Crippen LogP contribution is -1.95. The van der Waals surface area contributed by atoms with Gasteiger partial charge in [-0.15, -0.1) is 24.0 Å². The molecular weight excluding hydrogens is 207 g/mol. The summed E-state index contributed by atoms with van der Waals surface area (Å²) in [5.41, 5.74) is 2.18. The van der Waals surface area contributed by atoms with Crippen molar-refractivity contribution in [3.8, 4) is 0 Å². The van der Waals surface area contributed by atoms with E-state index >= 15 is 0 Å². The summed E-state index contributed by atoms with van der Waals surface area (Å²) in [6.07, 6.45) is 1.83. The summed E-state index contributed by atoms with van der Waals surface area (Å²) < 4.78 is 2.06. The molecule has 0 N–H and O–H groups in total. The van der Waals surface area contributed by atoms with Crippen molar-refractivity contribution < 1.29 is 0 Å². The quantitative estimate of drug-likeness (QED) is 0.707. The van der Waals surface area contributed by atoms with Crippen LogP contribution in [0.3, 0.4) is 0 Å². The van der Waals surface area contributed by atoms with Crippen LogP contribution in [0.1, 0.15) is 0 Å². The lowest BCUT2D eigenvalue weighted by molar-refractivity contribution is 0.793. The zero-order valence-corrected chi connectivity index (χ0v) is 8.55. The van der Waals surface area contributed by atoms with Gasteiger partial charge in [-0.3, -0.25) is 0 Å². The summed E-state index contributed by atoms with van der Waals surface area (Å²) in [5, 5.41) is 0. The fourth-order valence-corrected chi connectivity index (χ4v) is 1.46. The first-order valence-corrected chi connectivity index (χ1v) is 4.41. The molecule has 70 valence electrons. The highest BCUT2D eigenvalue weighted by Gasteiger charge is 1.98. The van der Waals surface area contributed by atoms with Gasteiger partial charge in [0, 0.05) is 12.4 Å². The van der Waals surface area contributed by atoms with E-state index in [2.05, 4.69) is 15.6 Å². The van der Waals surface area contributed by atoms with E-state index in [0.29, 0.717) is 5.88 Å². The van der Waals surface area contributed by atoms with Crippen LogP contribution >= 0.6 is 24.0 Å². The fraction of sp³-hybridized carbons (Fsp3) is 0.222. The van der Waals surface area contributed by atoms with Crippen LogP contribution in [0.25, 0.3) is 11.0 Å². The number of rotatable bonds is 2. The molecule has 0 unspecified atom stereocenters. The summed E-state index contributed by atoms with van der Waals surface area (Å²) in [6.45, 7) is 0.821. The molecule has 2 rings (SSSR count).